The molecule has 0 bridgehead atoms. The lowest BCUT2D eigenvalue weighted by Crippen LogP contribution is -2.45. The number of carbonyl (C=O) groups is 1. The summed E-state index contributed by atoms with van der Waals surface area (Å²) in [5, 5.41) is 16.5. The Hall–Kier alpha value is -5.62. The molecular formula is C45H45ClN6O9S. The van der Waals surface area contributed by atoms with Crippen molar-refractivity contribution in [2.24, 2.45) is 5.41 Å². The normalized spacial score (nSPS) is 19.2. The number of nitrogens with zero attached hydrogens (tertiary/aromatic N) is 3. The molecule has 17 heteroatoms. The number of allylic oxidation sites excluding steroid dienone is 1. The number of amides is 1. The average Bonchev–Trinajstić information content (AvgIpc) is 3.74. The zero-order valence-corrected chi connectivity index (χ0v) is 35.3. The van der Waals surface area contributed by atoms with Gasteiger partial charge in [-0.25, -0.2) is 18.1 Å². The van der Waals surface area contributed by atoms with Crippen molar-refractivity contribution in [1.82, 2.24) is 19.6 Å². The minimum absolute atomic E-state index is 0.0550. The molecule has 2 fully saturated rings. The molecule has 0 radical (unpaired) electrons. The van der Waals surface area contributed by atoms with Crippen molar-refractivity contribution in [3.8, 4) is 11.5 Å². The standard InChI is InChI=1S/C45H45ClN6O9S/c46-34-4-1-30(2-5-34)39-22-45(27-59-28-45)13-9-33(39)25-51-15-11-29(12-16-51)31-3-7-38(42(20-31)61-35-19-32-10-14-47-43(32)49-23-35)44(53)50-62(56,57)37-6-8-40(41(21-37)52(54)55)48-24-36-26-58-17-18-60-36/h1-8,10-11,14,19-21,23,36,48H,9,12-13,15-18,22,24-28H2,(H,47,49)(H,50,53)/t36-/m1/s1. The van der Waals surface area contributed by atoms with Crippen LogP contribution in [0.3, 0.4) is 0 Å². The molecule has 15 nitrogen and oxygen atoms in total. The van der Waals surface area contributed by atoms with Crippen LogP contribution in [-0.4, -0.2) is 99.4 Å². The number of pyridine rings is 1. The highest BCUT2D eigenvalue weighted by molar-refractivity contribution is 7.90. The summed E-state index contributed by atoms with van der Waals surface area (Å²) in [7, 11) is -4.59. The molecule has 3 N–H and O–H groups in total. The largest absolute Gasteiger partial charge is 0.455 e. The maximum Gasteiger partial charge on any atom is 0.293 e. The molecule has 2 aromatic heterocycles. The SMILES string of the molecule is O=C(NS(=O)(=O)c1ccc(NC[C@@H]2COCCO2)c([N+](=O)[O-])c1)c1ccc(C2=CCN(CC3=C(c4ccc(Cl)cc4)CC4(CC3)COC4)CC2)cc1Oc1cnc2[nH]ccc2c1. The molecule has 1 aliphatic carbocycles. The van der Waals surface area contributed by atoms with Gasteiger partial charge in [0.25, 0.3) is 21.6 Å². The van der Waals surface area contributed by atoms with Crippen LogP contribution >= 0.6 is 11.6 Å². The van der Waals surface area contributed by atoms with Crippen LogP contribution in [0, 0.1) is 15.5 Å². The highest BCUT2D eigenvalue weighted by Gasteiger charge is 2.42. The Morgan fingerprint density at radius 2 is 1.87 bits per heavy atom. The average molecular weight is 881 g/mol. The van der Waals surface area contributed by atoms with Crippen molar-refractivity contribution in [2.45, 2.75) is 36.7 Å². The van der Waals surface area contributed by atoms with Crippen molar-refractivity contribution in [3.05, 3.63) is 129 Å². The zero-order valence-electron chi connectivity index (χ0n) is 33.7. The Morgan fingerprint density at radius 1 is 1.03 bits per heavy atom. The number of fused-ring (bicyclic) bond motifs is 1. The first-order chi connectivity index (χ1) is 30.0. The highest BCUT2D eigenvalue weighted by atomic mass is 35.5. The number of H-pyrrole nitrogens is 1. The third-order valence-corrected chi connectivity index (χ3v) is 13.5. The van der Waals surface area contributed by atoms with E-state index in [2.05, 4.69) is 43.1 Å². The summed E-state index contributed by atoms with van der Waals surface area (Å²) in [6.45, 7) is 5.39. The number of halogens is 1. The van der Waals surface area contributed by atoms with Gasteiger partial charge in [-0.3, -0.25) is 19.8 Å². The molecule has 2 saturated heterocycles. The van der Waals surface area contributed by atoms with Gasteiger partial charge in [0.2, 0.25) is 0 Å². The number of aromatic amines is 1. The van der Waals surface area contributed by atoms with Crippen LogP contribution in [-0.2, 0) is 24.2 Å². The summed E-state index contributed by atoms with van der Waals surface area (Å²) in [6, 6.07) is 20.2. The van der Waals surface area contributed by atoms with Crippen molar-refractivity contribution < 1.29 is 37.1 Å². The maximum atomic E-state index is 13.9. The molecule has 9 rings (SSSR count). The smallest absolute Gasteiger partial charge is 0.293 e. The van der Waals surface area contributed by atoms with E-state index >= 15 is 0 Å². The minimum Gasteiger partial charge on any atom is -0.455 e. The number of nitro groups is 1. The van der Waals surface area contributed by atoms with Gasteiger partial charge in [0, 0.05) is 54.3 Å². The number of rotatable bonds is 13. The lowest BCUT2D eigenvalue weighted by molar-refractivity contribution is -0.384. The Bertz CT molecular complexity index is 2690. The van der Waals surface area contributed by atoms with Gasteiger partial charge >= 0.3 is 0 Å². The first kappa shape index (κ1) is 41.7. The summed E-state index contributed by atoms with van der Waals surface area (Å²) in [6.07, 6.45) is 8.99. The number of carbonyl (C=O) groups excluding carboxylic acids is 1. The molecule has 5 aromatic rings. The lowest BCUT2D eigenvalue weighted by atomic mass is 9.68. The van der Waals surface area contributed by atoms with Gasteiger partial charge in [-0.1, -0.05) is 41.4 Å². The second kappa shape index (κ2) is 17.6. The topological polar surface area (TPSA) is 187 Å². The number of ether oxygens (including phenoxy) is 4. The van der Waals surface area contributed by atoms with E-state index in [0.29, 0.717) is 36.2 Å². The third-order valence-electron chi connectivity index (χ3n) is 12.0. The van der Waals surface area contributed by atoms with Gasteiger partial charge in [-0.05, 0) is 96.5 Å². The number of benzene rings is 3. The van der Waals surface area contributed by atoms with Gasteiger partial charge in [-0.2, -0.15) is 0 Å². The predicted octanol–water partition coefficient (Wildman–Crippen LogP) is 7.61. The number of hydrogen-bond donors (Lipinski definition) is 3. The van der Waals surface area contributed by atoms with E-state index in [1.165, 1.54) is 41.1 Å². The molecule has 5 heterocycles. The molecule has 4 aliphatic rings. The Balaban J connectivity index is 0.949. The monoisotopic (exact) mass is 880 g/mol. The molecular weight excluding hydrogens is 836 g/mol. The number of nitro benzene ring substituents is 1. The van der Waals surface area contributed by atoms with E-state index in [1.807, 2.05) is 18.2 Å². The van der Waals surface area contributed by atoms with E-state index in [-0.39, 0.29) is 35.1 Å². The summed E-state index contributed by atoms with van der Waals surface area (Å²) in [5.74, 6) is -0.521. The van der Waals surface area contributed by atoms with Crippen LogP contribution < -0.4 is 14.8 Å². The van der Waals surface area contributed by atoms with Crippen LogP contribution in [0.4, 0.5) is 11.4 Å². The highest BCUT2D eigenvalue weighted by Crippen LogP contribution is 2.48. The van der Waals surface area contributed by atoms with Crippen molar-refractivity contribution >= 4 is 61.1 Å². The fourth-order valence-corrected chi connectivity index (χ4v) is 9.61. The van der Waals surface area contributed by atoms with Gasteiger partial charge < -0.3 is 29.2 Å². The molecule has 1 spiro atoms. The second-order valence-electron chi connectivity index (χ2n) is 16.2. The van der Waals surface area contributed by atoms with Gasteiger partial charge in [0.15, 0.2) is 0 Å². The molecule has 322 valence electrons. The Kier molecular flexibility index (Phi) is 11.9. The third kappa shape index (κ3) is 9.12. The summed E-state index contributed by atoms with van der Waals surface area (Å²) < 4.78 is 52.4. The van der Waals surface area contributed by atoms with Crippen LogP contribution in [0.5, 0.6) is 11.5 Å². The summed E-state index contributed by atoms with van der Waals surface area (Å²) >= 11 is 6.25. The van der Waals surface area contributed by atoms with E-state index in [4.69, 9.17) is 30.5 Å². The van der Waals surface area contributed by atoms with E-state index in [9.17, 15) is 23.3 Å². The lowest BCUT2D eigenvalue weighted by Gasteiger charge is -2.46. The molecule has 0 saturated carbocycles. The molecule has 0 unspecified atom stereocenters. The maximum absolute atomic E-state index is 13.9. The predicted molar refractivity (Wildman–Crippen MR) is 234 cm³/mol. The van der Waals surface area contributed by atoms with Crippen LogP contribution in [0.25, 0.3) is 22.2 Å². The van der Waals surface area contributed by atoms with Crippen LogP contribution in [0.1, 0.15) is 47.2 Å². The Morgan fingerprint density at radius 3 is 2.61 bits per heavy atom. The van der Waals surface area contributed by atoms with E-state index < -0.39 is 31.4 Å². The number of sulfonamides is 1. The fourth-order valence-electron chi connectivity index (χ4n) is 8.50. The molecule has 1 atom stereocenters. The number of hydrogen-bond acceptors (Lipinski definition) is 12. The number of anilines is 1. The number of aromatic nitrogens is 2. The Labute approximate surface area is 363 Å². The summed E-state index contributed by atoms with van der Waals surface area (Å²) in [4.78, 5) is 34.7. The van der Waals surface area contributed by atoms with Crippen molar-refractivity contribution in [2.75, 3.05) is 64.5 Å². The molecule has 62 heavy (non-hydrogen) atoms. The van der Waals surface area contributed by atoms with E-state index in [1.54, 1.807) is 24.4 Å². The second-order valence-corrected chi connectivity index (χ2v) is 18.3. The van der Waals surface area contributed by atoms with Crippen LogP contribution in [0.2, 0.25) is 5.02 Å². The summed E-state index contributed by atoms with van der Waals surface area (Å²) in [5.41, 5.74) is 6.36. The van der Waals surface area contributed by atoms with Crippen molar-refractivity contribution in [1.29, 1.82) is 0 Å². The molecule has 3 aromatic carbocycles. The first-order valence-corrected chi connectivity index (χ1v) is 22.4. The quantitative estimate of drug-likeness (QED) is 0.0778. The van der Waals surface area contributed by atoms with Crippen LogP contribution in [0.15, 0.2) is 102 Å². The molecule has 1 amide bonds. The zero-order chi connectivity index (χ0) is 42.8. The fraction of sp³-hybridized carbons (Fsp3) is 0.333. The van der Waals surface area contributed by atoms with Crippen molar-refractivity contribution in [3.63, 3.8) is 0 Å². The van der Waals surface area contributed by atoms with Gasteiger partial charge in [0.05, 0.1) is 60.7 Å². The minimum atomic E-state index is -4.59. The first-order valence-electron chi connectivity index (χ1n) is 20.5. The number of nitrogens with one attached hydrogen (secondary N) is 3. The van der Waals surface area contributed by atoms with E-state index in [0.717, 1.165) is 81.1 Å². The van der Waals surface area contributed by atoms with Gasteiger partial charge in [-0.15, -0.1) is 0 Å². The van der Waals surface area contributed by atoms with Gasteiger partial charge in [0.1, 0.15) is 22.8 Å². The molecule has 3 aliphatic heterocycles.